The van der Waals surface area contributed by atoms with Crippen LogP contribution in [0.4, 0.5) is 5.69 Å². The zero-order chi connectivity index (χ0) is 14.9. The molecule has 0 unspecified atom stereocenters. The van der Waals surface area contributed by atoms with Crippen LogP contribution in [0.2, 0.25) is 0 Å². The number of hydrogen-bond donors (Lipinski definition) is 1. The lowest BCUT2D eigenvalue weighted by atomic mass is 10.1. The first-order valence-electron chi connectivity index (χ1n) is 6.16. The lowest BCUT2D eigenvalue weighted by Gasteiger charge is -2.11. The van der Waals surface area contributed by atoms with Crippen molar-refractivity contribution in [2.45, 2.75) is 25.7 Å². The molecule has 0 aliphatic carbocycles. The van der Waals surface area contributed by atoms with Crippen molar-refractivity contribution in [2.24, 2.45) is 0 Å². The number of benzene rings is 2. The summed E-state index contributed by atoms with van der Waals surface area (Å²) in [6.07, 6.45) is 0. The number of aryl methyl sites for hydroxylation is 3. The van der Waals surface area contributed by atoms with Gasteiger partial charge >= 0.3 is 0 Å². The van der Waals surface area contributed by atoms with Crippen LogP contribution >= 0.6 is 15.9 Å². The van der Waals surface area contributed by atoms with E-state index in [4.69, 9.17) is 0 Å². The highest BCUT2D eigenvalue weighted by molar-refractivity contribution is 9.10. The molecule has 106 valence electrons. The van der Waals surface area contributed by atoms with Crippen LogP contribution in [-0.4, -0.2) is 8.42 Å². The average Bonchev–Trinajstić information content (AvgIpc) is 2.36. The average molecular weight is 354 g/mol. The zero-order valence-electron chi connectivity index (χ0n) is 11.6. The molecule has 3 nitrogen and oxygen atoms in total. The highest BCUT2D eigenvalue weighted by Crippen LogP contribution is 2.26. The SMILES string of the molecule is Cc1ccc(S(=O)(=O)Nc2cc(C)c(Br)c(C)c2)cc1. The van der Waals surface area contributed by atoms with E-state index in [2.05, 4.69) is 20.7 Å². The van der Waals surface area contributed by atoms with Crippen LogP contribution in [-0.2, 0) is 10.0 Å². The van der Waals surface area contributed by atoms with Crippen molar-refractivity contribution in [1.82, 2.24) is 0 Å². The van der Waals surface area contributed by atoms with E-state index in [9.17, 15) is 8.42 Å². The van der Waals surface area contributed by atoms with Crippen LogP contribution in [0.15, 0.2) is 45.8 Å². The van der Waals surface area contributed by atoms with E-state index in [1.807, 2.05) is 32.9 Å². The van der Waals surface area contributed by atoms with Gasteiger partial charge in [-0.15, -0.1) is 0 Å². The van der Waals surface area contributed by atoms with E-state index in [0.717, 1.165) is 21.2 Å². The van der Waals surface area contributed by atoms with Crippen LogP contribution in [0.5, 0.6) is 0 Å². The smallest absolute Gasteiger partial charge is 0.261 e. The molecule has 1 N–H and O–H groups in total. The molecule has 20 heavy (non-hydrogen) atoms. The Labute approximate surface area is 128 Å². The minimum atomic E-state index is -3.54. The van der Waals surface area contributed by atoms with Crippen LogP contribution in [0.25, 0.3) is 0 Å². The summed E-state index contributed by atoms with van der Waals surface area (Å²) < 4.78 is 28.2. The van der Waals surface area contributed by atoms with Gasteiger partial charge in [0.15, 0.2) is 0 Å². The van der Waals surface area contributed by atoms with E-state index >= 15 is 0 Å². The molecule has 0 heterocycles. The Morgan fingerprint density at radius 3 is 1.95 bits per heavy atom. The van der Waals surface area contributed by atoms with Gasteiger partial charge in [0, 0.05) is 10.2 Å². The van der Waals surface area contributed by atoms with Gasteiger partial charge in [-0.2, -0.15) is 0 Å². The maximum atomic E-state index is 12.3. The molecule has 0 fully saturated rings. The Morgan fingerprint density at radius 2 is 1.45 bits per heavy atom. The highest BCUT2D eigenvalue weighted by atomic mass is 79.9. The first kappa shape index (κ1) is 15.1. The summed E-state index contributed by atoms with van der Waals surface area (Å²) in [4.78, 5) is 0.265. The first-order chi connectivity index (χ1) is 9.29. The van der Waals surface area contributed by atoms with Crippen molar-refractivity contribution >= 4 is 31.6 Å². The number of halogens is 1. The Kier molecular flexibility index (Phi) is 4.20. The quantitative estimate of drug-likeness (QED) is 0.899. The Bertz CT molecular complexity index is 714. The highest BCUT2D eigenvalue weighted by Gasteiger charge is 2.14. The topological polar surface area (TPSA) is 46.2 Å². The Morgan fingerprint density at radius 1 is 0.950 bits per heavy atom. The second-order valence-corrected chi connectivity index (χ2v) is 7.32. The molecule has 0 aromatic heterocycles. The van der Waals surface area contributed by atoms with E-state index in [0.29, 0.717) is 5.69 Å². The number of hydrogen-bond acceptors (Lipinski definition) is 2. The third kappa shape index (κ3) is 3.22. The molecule has 2 aromatic rings. The maximum absolute atomic E-state index is 12.3. The predicted molar refractivity (Wildman–Crippen MR) is 85.6 cm³/mol. The van der Waals surface area contributed by atoms with Crippen molar-refractivity contribution in [3.63, 3.8) is 0 Å². The lowest BCUT2D eigenvalue weighted by Crippen LogP contribution is -2.13. The summed E-state index contributed by atoms with van der Waals surface area (Å²) in [7, 11) is -3.54. The molecule has 2 rings (SSSR count). The standard InChI is InChI=1S/C15H16BrNO2S/c1-10-4-6-14(7-5-10)20(18,19)17-13-8-11(2)15(16)12(3)9-13/h4-9,17H,1-3H3. The number of anilines is 1. The van der Waals surface area contributed by atoms with Gasteiger partial charge in [-0.3, -0.25) is 4.72 Å². The summed E-state index contributed by atoms with van der Waals surface area (Å²) in [5.41, 5.74) is 3.58. The van der Waals surface area contributed by atoms with Crippen molar-refractivity contribution in [2.75, 3.05) is 4.72 Å². The van der Waals surface area contributed by atoms with E-state index in [-0.39, 0.29) is 4.90 Å². The molecule has 0 aliphatic heterocycles. The second-order valence-electron chi connectivity index (χ2n) is 4.84. The van der Waals surface area contributed by atoms with Gasteiger partial charge in [-0.25, -0.2) is 8.42 Å². The molecule has 0 radical (unpaired) electrons. The van der Waals surface area contributed by atoms with Crippen LogP contribution in [0, 0.1) is 20.8 Å². The van der Waals surface area contributed by atoms with Crippen LogP contribution in [0.1, 0.15) is 16.7 Å². The molecule has 0 bridgehead atoms. The monoisotopic (exact) mass is 353 g/mol. The van der Waals surface area contributed by atoms with Gasteiger partial charge in [0.25, 0.3) is 10.0 Å². The van der Waals surface area contributed by atoms with E-state index in [1.54, 1.807) is 24.3 Å². The number of sulfonamides is 1. The van der Waals surface area contributed by atoms with Gasteiger partial charge in [0.2, 0.25) is 0 Å². The third-order valence-electron chi connectivity index (χ3n) is 3.02. The Hall–Kier alpha value is -1.33. The summed E-state index contributed by atoms with van der Waals surface area (Å²) in [6.45, 7) is 5.78. The maximum Gasteiger partial charge on any atom is 0.261 e. The Balaban J connectivity index is 2.36. The summed E-state index contributed by atoms with van der Waals surface area (Å²) >= 11 is 3.47. The number of nitrogens with one attached hydrogen (secondary N) is 1. The fourth-order valence-electron chi connectivity index (χ4n) is 1.94. The molecule has 0 amide bonds. The minimum absolute atomic E-state index is 0.265. The van der Waals surface area contributed by atoms with Gasteiger partial charge in [0.1, 0.15) is 0 Å². The van der Waals surface area contributed by atoms with Gasteiger partial charge < -0.3 is 0 Å². The molecular weight excluding hydrogens is 338 g/mol. The molecular formula is C15H16BrNO2S. The van der Waals surface area contributed by atoms with Gasteiger partial charge in [0.05, 0.1) is 4.90 Å². The van der Waals surface area contributed by atoms with Crippen molar-refractivity contribution in [3.8, 4) is 0 Å². The molecule has 0 saturated heterocycles. The molecule has 2 aromatic carbocycles. The fourth-order valence-corrected chi connectivity index (χ4v) is 3.21. The van der Waals surface area contributed by atoms with Crippen molar-refractivity contribution in [1.29, 1.82) is 0 Å². The van der Waals surface area contributed by atoms with E-state index in [1.165, 1.54) is 0 Å². The third-order valence-corrected chi connectivity index (χ3v) is 5.67. The lowest BCUT2D eigenvalue weighted by molar-refractivity contribution is 0.601. The fraction of sp³-hybridized carbons (Fsp3) is 0.200. The van der Waals surface area contributed by atoms with E-state index < -0.39 is 10.0 Å². The zero-order valence-corrected chi connectivity index (χ0v) is 14.0. The minimum Gasteiger partial charge on any atom is -0.280 e. The van der Waals surface area contributed by atoms with Crippen molar-refractivity contribution < 1.29 is 8.42 Å². The summed E-state index contributed by atoms with van der Waals surface area (Å²) in [5, 5.41) is 0. The van der Waals surface area contributed by atoms with Crippen LogP contribution in [0.3, 0.4) is 0 Å². The summed E-state index contributed by atoms with van der Waals surface area (Å²) in [5.74, 6) is 0. The molecule has 0 saturated carbocycles. The predicted octanol–water partition coefficient (Wildman–Crippen LogP) is 4.18. The summed E-state index contributed by atoms with van der Waals surface area (Å²) in [6, 6.07) is 10.4. The first-order valence-corrected chi connectivity index (χ1v) is 8.43. The molecule has 0 aliphatic rings. The largest absolute Gasteiger partial charge is 0.280 e. The molecule has 0 spiro atoms. The molecule has 0 atom stereocenters. The van der Waals surface area contributed by atoms with Gasteiger partial charge in [-0.05, 0) is 56.2 Å². The van der Waals surface area contributed by atoms with Crippen LogP contribution < -0.4 is 4.72 Å². The van der Waals surface area contributed by atoms with Crippen molar-refractivity contribution in [3.05, 3.63) is 57.6 Å². The normalized spacial score (nSPS) is 11.4. The van der Waals surface area contributed by atoms with Gasteiger partial charge in [-0.1, -0.05) is 33.6 Å². The molecule has 5 heteroatoms. The second kappa shape index (κ2) is 5.58. The number of rotatable bonds is 3.